The number of carbonyl (C=O) groups is 3. The fraction of sp³-hybridized carbons (Fsp3) is 0.278. The summed E-state index contributed by atoms with van der Waals surface area (Å²) >= 11 is 0. The Morgan fingerprint density at radius 1 is 1.12 bits per heavy atom. The number of aliphatic carboxylic acids is 1. The average molecular weight is 359 g/mol. The van der Waals surface area contributed by atoms with Gasteiger partial charge in [-0.05, 0) is 36.2 Å². The molecular formula is C18H21N3O5. The summed E-state index contributed by atoms with van der Waals surface area (Å²) in [5, 5.41) is 16.6. The molecule has 0 saturated heterocycles. The van der Waals surface area contributed by atoms with Gasteiger partial charge in [0.15, 0.2) is 0 Å². The molecule has 8 nitrogen and oxygen atoms in total. The van der Waals surface area contributed by atoms with E-state index in [9.17, 15) is 14.4 Å². The highest BCUT2D eigenvalue weighted by molar-refractivity contribution is 5.94. The van der Waals surface area contributed by atoms with E-state index >= 15 is 0 Å². The van der Waals surface area contributed by atoms with Crippen LogP contribution in [0.15, 0.2) is 47.1 Å². The zero-order valence-electron chi connectivity index (χ0n) is 14.3. The van der Waals surface area contributed by atoms with Crippen LogP contribution in [0, 0.1) is 5.92 Å². The number of amides is 3. The predicted octanol–water partition coefficient (Wildman–Crippen LogP) is 1.98. The summed E-state index contributed by atoms with van der Waals surface area (Å²) in [6, 6.07) is 9.88. The number of hydrogen-bond donors (Lipinski definition) is 4. The van der Waals surface area contributed by atoms with Crippen LogP contribution in [0.2, 0.25) is 0 Å². The van der Waals surface area contributed by atoms with Crippen molar-refractivity contribution in [3.63, 3.8) is 0 Å². The molecule has 0 aliphatic heterocycles. The molecule has 4 N–H and O–H groups in total. The van der Waals surface area contributed by atoms with Crippen molar-refractivity contribution in [2.24, 2.45) is 5.92 Å². The van der Waals surface area contributed by atoms with Crippen molar-refractivity contribution in [3.05, 3.63) is 54.0 Å². The minimum Gasteiger partial charge on any atom is -0.481 e. The SMILES string of the molecule is CC(Cc1ccc(NC(=O)CNC(=O)NCc2ccco2)cc1)C(=O)O. The maximum absolute atomic E-state index is 11.9. The predicted molar refractivity (Wildman–Crippen MR) is 94.5 cm³/mol. The third kappa shape index (κ3) is 6.31. The van der Waals surface area contributed by atoms with Gasteiger partial charge in [0.25, 0.3) is 0 Å². The monoisotopic (exact) mass is 359 g/mol. The largest absolute Gasteiger partial charge is 0.481 e. The van der Waals surface area contributed by atoms with Crippen molar-refractivity contribution in [2.75, 3.05) is 11.9 Å². The van der Waals surface area contributed by atoms with E-state index in [1.807, 2.05) is 0 Å². The minimum absolute atomic E-state index is 0.179. The lowest BCUT2D eigenvalue weighted by Gasteiger charge is -2.09. The van der Waals surface area contributed by atoms with Crippen LogP contribution in [0.25, 0.3) is 0 Å². The number of furan rings is 1. The standard InChI is InChI=1S/C18H21N3O5/c1-12(17(23)24)9-13-4-6-14(7-5-13)21-16(22)11-20-18(25)19-10-15-3-2-8-26-15/h2-8,12H,9-11H2,1H3,(H,21,22)(H,23,24)(H2,19,20,25). The van der Waals surface area contributed by atoms with E-state index in [2.05, 4.69) is 16.0 Å². The van der Waals surface area contributed by atoms with Crippen molar-refractivity contribution in [1.29, 1.82) is 0 Å². The number of anilines is 1. The van der Waals surface area contributed by atoms with Gasteiger partial charge in [-0.1, -0.05) is 19.1 Å². The zero-order chi connectivity index (χ0) is 18.9. The lowest BCUT2D eigenvalue weighted by Crippen LogP contribution is -2.39. The first-order valence-electron chi connectivity index (χ1n) is 8.09. The Labute approximate surface area is 150 Å². The van der Waals surface area contributed by atoms with Crippen LogP contribution in [0.1, 0.15) is 18.2 Å². The highest BCUT2D eigenvalue weighted by atomic mass is 16.4. The van der Waals surface area contributed by atoms with Crippen LogP contribution in [0.4, 0.5) is 10.5 Å². The molecule has 0 aliphatic rings. The van der Waals surface area contributed by atoms with Crippen molar-refractivity contribution < 1.29 is 23.9 Å². The third-order valence-corrected chi connectivity index (χ3v) is 3.61. The minimum atomic E-state index is -0.848. The quantitative estimate of drug-likeness (QED) is 0.574. The van der Waals surface area contributed by atoms with Crippen LogP contribution in [-0.2, 0) is 22.6 Å². The Kier molecular flexibility index (Phi) is 6.78. The molecule has 2 aromatic rings. The van der Waals surface area contributed by atoms with Gasteiger partial charge in [0.05, 0.1) is 25.3 Å². The lowest BCUT2D eigenvalue weighted by atomic mass is 10.0. The van der Waals surface area contributed by atoms with Crippen molar-refractivity contribution >= 4 is 23.6 Å². The second-order valence-electron chi connectivity index (χ2n) is 5.80. The number of hydrogen-bond acceptors (Lipinski definition) is 4. The molecule has 1 unspecified atom stereocenters. The van der Waals surface area contributed by atoms with Crippen LogP contribution in [-0.4, -0.2) is 29.6 Å². The summed E-state index contributed by atoms with van der Waals surface area (Å²) in [6.07, 6.45) is 1.93. The topological polar surface area (TPSA) is 121 Å². The van der Waals surface area contributed by atoms with Gasteiger partial charge in [-0.25, -0.2) is 4.79 Å². The molecule has 0 bridgehead atoms. The van der Waals surface area contributed by atoms with Crippen molar-refractivity contribution in [3.8, 4) is 0 Å². The van der Waals surface area contributed by atoms with Gasteiger partial charge in [0.2, 0.25) is 5.91 Å². The van der Waals surface area contributed by atoms with Gasteiger partial charge >= 0.3 is 12.0 Å². The fourth-order valence-corrected chi connectivity index (χ4v) is 2.17. The molecule has 0 aliphatic carbocycles. The first-order chi connectivity index (χ1) is 12.4. The molecule has 0 spiro atoms. The summed E-state index contributed by atoms with van der Waals surface area (Å²) in [7, 11) is 0. The molecule has 1 atom stereocenters. The van der Waals surface area contributed by atoms with Gasteiger partial charge in [-0.15, -0.1) is 0 Å². The van der Waals surface area contributed by atoms with Gasteiger partial charge in [0.1, 0.15) is 5.76 Å². The molecule has 0 saturated carbocycles. The van der Waals surface area contributed by atoms with Gasteiger partial charge in [-0.2, -0.15) is 0 Å². The number of carbonyl (C=O) groups excluding carboxylic acids is 2. The smallest absolute Gasteiger partial charge is 0.315 e. The lowest BCUT2D eigenvalue weighted by molar-refractivity contribution is -0.141. The molecule has 3 amide bonds. The summed E-state index contributed by atoms with van der Waals surface area (Å²) in [5.74, 6) is -1.08. The van der Waals surface area contributed by atoms with E-state index in [1.54, 1.807) is 43.3 Å². The van der Waals surface area contributed by atoms with Crippen LogP contribution >= 0.6 is 0 Å². The maximum Gasteiger partial charge on any atom is 0.315 e. The summed E-state index contributed by atoms with van der Waals surface area (Å²) in [6.45, 7) is 1.69. The number of rotatable bonds is 8. The van der Waals surface area contributed by atoms with E-state index in [0.717, 1.165) is 5.56 Å². The van der Waals surface area contributed by atoms with Gasteiger partial charge < -0.3 is 25.5 Å². The Hall–Kier alpha value is -3.29. The van der Waals surface area contributed by atoms with Crippen molar-refractivity contribution in [2.45, 2.75) is 19.9 Å². The number of carboxylic acid groups (broad SMARTS) is 1. The molecule has 0 radical (unpaired) electrons. The normalized spacial score (nSPS) is 11.4. The fourth-order valence-electron chi connectivity index (χ4n) is 2.17. The first-order valence-corrected chi connectivity index (χ1v) is 8.09. The number of nitrogens with one attached hydrogen (secondary N) is 3. The van der Waals surface area contributed by atoms with Gasteiger partial charge in [-0.3, -0.25) is 9.59 Å². The summed E-state index contributed by atoms with van der Waals surface area (Å²) in [5.41, 5.74) is 1.44. The number of benzene rings is 1. The maximum atomic E-state index is 11.9. The Bertz CT molecular complexity index is 741. The molecule has 26 heavy (non-hydrogen) atoms. The average Bonchev–Trinajstić information content (AvgIpc) is 3.13. The molecule has 2 rings (SSSR count). The highest BCUT2D eigenvalue weighted by Gasteiger charge is 2.11. The molecule has 0 fully saturated rings. The number of carboxylic acids is 1. The second kappa shape index (κ2) is 9.26. The third-order valence-electron chi connectivity index (χ3n) is 3.61. The van der Waals surface area contributed by atoms with E-state index in [-0.39, 0.29) is 19.0 Å². The molecule has 1 aromatic heterocycles. The van der Waals surface area contributed by atoms with Crippen LogP contribution < -0.4 is 16.0 Å². The van der Waals surface area contributed by atoms with E-state index < -0.39 is 17.9 Å². The Balaban J connectivity index is 1.71. The molecule has 8 heteroatoms. The van der Waals surface area contributed by atoms with Crippen LogP contribution in [0.5, 0.6) is 0 Å². The van der Waals surface area contributed by atoms with E-state index in [0.29, 0.717) is 17.9 Å². The van der Waals surface area contributed by atoms with E-state index in [1.165, 1.54) is 6.26 Å². The number of urea groups is 1. The molecule has 1 heterocycles. The zero-order valence-corrected chi connectivity index (χ0v) is 14.3. The second-order valence-corrected chi connectivity index (χ2v) is 5.80. The van der Waals surface area contributed by atoms with Crippen LogP contribution in [0.3, 0.4) is 0 Å². The van der Waals surface area contributed by atoms with Gasteiger partial charge in [0, 0.05) is 5.69 Å². The Morgan fingerprint density at radius 2 is 1.85 bits per heavy atom. The van der Waals surface area contributed by atoms with Crippen molar-refractivity contribution in [1.82, 2.24) is 10.6 Å². The summed E-state index contributed by atoms with van der Waals surface area (Å²) in [4.78, 5) is 34.3. The molecule has 138 valence electrons. The molecular weight excluding hydrogens is 338 g/mol. The van der Waals surface area contributed by atoms with E-state index in [4.69, 9.17) is 9.52 Å². The highest BCUT2D eigenvalue weighted by Crippen LogP contribution is 2.13. The molecule has 1 aromatic carbocycles. The summed E-state index contributed by atoms with van der Waals surface area (Å²) < 4.78 is 5.08. The first kappa shape index (κ1) is 19.0. The Morgan fingerprint density at radius 3 is 2.46 bits per heavy atom.